The number of rotatable bonds is 4. The zero-order chi connectivity index (χ0) is 22.9. The number of ether oxygens (including phenoxy) is 1. The number of aryl methyl sites for hydroxylation is 2. The average molecular weight is 444 g/mol. The van der Waals surface area contributed by atoms with Crippen LogP contribution in [0.3, 0.4) is 0 Å². The van der Waals surface area contributed by atoms with Crippen LogP contribution in [0.5, 0.6) is 5.75 Å². The van der Waals surface area contributed by atoms with Crippen LogP contribution < -0.4 is 9.64 Å². The topological polar surface area (TPSA) is 62.7 Å². The highest BCUT2D eigenvalue weighted by molar-refractivity contribution is 6.00. The van der Waals surface area contributed by atoms with Crippen LogP contribution in [0.2, 0.25) is 0 Å². The fourth-order valence-electron chi connectivity index (χ4n) is 4.82. The predicted molar refractivity (Wildman–Crippen MR) is 128 cm³/mol. The van der Waals surface area contributed by atoms with E-state index in [1.54, 1.807) is 11.1 Å². The summed E-state index contributed by atoms with van der Waals surface area (Å²) in [6, 6.07) is 16.0. The molecule has 0 N–H and O–H groups in total. The van der Waals surface area contributed by atoms with Crippen molar-refractivity contribution in [3.8, 4) is 5.75 Å². The molecule has 1 aromatic heterocycles. The van der Waals surface area contributed by atoms with Crippen molar-refractivity contribution in [3.63, 3.8) is 0 Å². The number of hydrogen-bond donors (Lipinski definition) is 0. The summed E-state index contributed by atoms with van der Waals surface area (Å²) >= 11 is 0. The van der Waals surface area contributed by atoms with E-state index in [-0.39, 0.29) is 30.3 Å². The lowest BCUT2D eigenvalue weighted by Gasteiger charge is -2.33. The van der Waals surface area contributed by atoms with Gasteiger partial charge in [0.1, 0.15) is 17.4 Å². The molecule has 0 saturated carbocycles. The standard InChI is InChI=1S/C27H29N3O3/c1-18-8-9-22(15-19(18)2)30-17-21(16-25(30)31)27(32)29-13-10-23(11-14-29)33-24-7-3-5-20-6-4-12-28-26(20)24/h3-9,12,15,21,23H,10-11,13-14,16-17H2,1-2H3. The monoisotopic (exact) mass is 443 g/mol. The third kappa shape index (κ3) is 4.30. The number of benzene rings is 2. The summed E-state index contributed by atoms with van der Waals surface area (Å²) < 4.78 is 6.27. The number of aromatic nitrogens is 1. The molecule has 3 heterocycles. The number of nitrogens with zero attached hydrogens (tertiary/aromatic N) is 3. The molecule has 170 valence electrons. The second-order valence-electron chi connectivity index (χ2n) is 9.15. The van der Waals surface area contributed by atoms with Crippen molar-refractivity contribution in [2.24, 2.45) is 5.92 Å². The lowest BCUT2D eigenvalue weighted by Crippen LogP contribution is -2.44. The summed E-state index contributed by atoms with van der Waals surface area (Å²) in [7, 11) is 0. The molecular formula is C27H29N3O3. The van der Waals surface area contributed by atoms with Crippen LogP contribution in [0.15, 0.2) is 54.7 Å². The molecule has 0 spiro atoms. The van der Waals surface area contributed by atoms with Gasteiger partial charge in [-0.2, -0.15) is 0 Å². The van der Waals surface area contributed by atoms with Gasteiger partial charge in [-0.25, -0.2) is 0 Å². The maximum Gasteiger partial charge on any atom is 0.228 e. The summed E-state index contributed by atoms with van der Waals surface area (Å²) in [5, 5.41) is 1.06. The minimum atomic E-state index is -0.279. The van der Waals surface area contributed by atoms with E-state index in [0.717, 1.165) is 40.7 Å². The van der Waals surface area contributed by atoms with Gasteiger partial charge in [-0.1, -0.05) is 24.3 Å². The first-order valence-corrected chi connectivity index (χ1v) is 11.7. The number of hydrogen-bond acceptors (Lipinski definition) is 4. The van der Waals surface area contributed by atoms with Gasteiger partial charge in [-0.15, -0.1) is 0 Å². The van der Waals surface area contributed by atoms with Crippen molar-refractivity contribution < 1.29 is 14.3 Å². The number of fused-ring (bicyclic) bond motifs is 1. The Hall–Kier alpha value is -3.41. The molecule has 33 heavy (non-hydrogen) atoms. The Morgan fingerprint density at radius 3 is 2.61 bits per heavy atom. The quantitative estimate of drug-likeness (QED) is 0.604. The maximum absolute atomic E-state index is 13.2. The molecule has 0 bridgehead atoms. The second-order valence-corrected chi connectivity index (χ2v) is 9.15. The first-order chi connectivity index (χ1) is 16.0. The summed E-state index contributed by atoms with van der Waals surface area (Å²) in [5.74, 6) is 0.625. The van der Waals surface area contributed by atoms with Gasteiger partial charge in [0.25, 0.3) is 0 Å². The molecule has 2 aliphatic heterocycles. The first-order valence-electron chi connectivity index (χ1n) is 11.7. The number of piperidine rings is 1. The smallest absolute Gasteiger partial charge is 0.228 e. The summed E-state index contributed by atoms with van der Waals surface area (Å²) in [5.41, 5.74) is 4.10. The molecule has 2 amide bonds. The molecule has 3 aromatic rings. The van der Waals surface area contributed by atoms with Crippen LogP contribution >= 0.6 is 0 Å². The van der Waals surface area contributed by atoms with E-state index in [0.29, 0.717) is 19.6 Å². The Morgan fingerprint density at radius 2 is 1.82 bits per heavy atom. The van der Waals surface area contributed by atoms with Gasteiger partial charge in [0.2, 0.25) is 11.8 Å². The molecule has 0 aliphatic carbocycles. The predicted octanol–water partition coefficient (Wildman–Crippen LogP) is 4.27. The van der Waals surface area contributed by atoms with Gasteiger partial charge in [0.05, 0.1) is 5.92 Å². The number of pyridine rings is 1. The minimum absolute atomic E-state index is 0.0262. The first kappa shape index (κ1) is 21.4. The lowest BCUT2D eigenvalue weighted by atomic mass is 10.0. The zero-order valence-corrected chi connectivity index (χ0v) is 19.2. The Bertz CT molecular complexity index is 1190. The van der Waals surface area contributed by atoms with E-state index in [1.165, 1.54) is 5.56 Å². The van der Waals surface area contributed by atoms with Crippen LogP contribution in [0, 0.1) is 19.8 Å². The van der Waals surface area contributed by atoms with E-state index in [1.807, 2.05) is 60.4 Å². The Kier molecular flexibility index (Phi) is 5.75. The van der Waals surface area contributed by atoms with E-state index in [4.69, 9.17) is 4.74 Å². The summed E-state index contributed by atoms with van der Waals surface area (Å²) in [4.78, 5) is 34.0. The number of likely N-dealkylation sites (tertiary alicyclic amines) is 1. The number of carbonyl (C=O) groups is 2. The number of para-hydroxylation sites is 1. The molecule has 6 heteroatoms. The van der Waals surface area contributed by atoms with Crippen molar-refractivity contribution in [2.75, 3.05) is 24.5 Å². The van der Waals surface area contributed by atoms with Crippen LogP contribution in [0.1, 0.15) is 30.4 Å². The van der Waals surface area contributed by atoms with E-state index in [2.05, 4.69) is 11.9 Å². The fraction of sp³-hybridized carbons (Fsp3) is 0.370. The molecule has 2 fully saturated rings. The minimum Gasteiger partial charge on any atom is -0.488 e. The number of amides is 2. The molecule has 5 rings (SSSR count). The van der Waals surface area contributed by atoms with Crippen molar-refractivity contribution in [2.45, 2.75) is 39.2 Å². The SMILES string of the molecule is Cc1ccc(N2CC(C(=O)N3CCC(Oc4cccc5cccnc45)CC3)CC2=O)cc1C. The summed E-state index contributed by atoms with van der Waals surface area (Å²) in [6.07, 6.45) is 3.66. The van der Waals surface area contributed by atoms with Gasteiger partial charge in [0, 0.05) is 56.2 Å². The van der Waals surface area contributed by atoms with Gasteiger partial charge in [-0.05, 0) is 49.2 Å². The van der Waals surface area contributed by atoms with E-state index < -0.39 is 0 Å². The largest absolute Gasteiger partial charge is 0.488 e. The molecule has 1 atom stereocenters. The Morgan fingerprint density at radius 1 is 1.03 bits per heavy atom. The highest BCUT2D eigenvalue weighted by Crippen LogP contribution is 2.30. The van der Waals surface area contributed by atoms with Crippen molar-refractivity contribution >= 4 is 28.4 Å². The van der Waals surface area contributed by atoms with Gasteiger partial charge < -0.3 is 14.5 Å². The Balaban J connectivity index is 1.19. The van der Waals surface area contributed by atoms with Crippen LogP contribution in [0.4, 0.5) is 5.69 Å². The average Bonchev–Trinajstić information content (AvgIpc) is 3.23. The fourth-order valence-corrected chi connectivity index (χ4v) is 4.82. The highest BCUT2D eigenvalue weighted by Gasteiger charge is 2.38. The normalized spacial score (nSPS) is 19.3. The zero-order valence-electron chi connectivity index (χ0n) is 19.2. The van der Waals surface area contributed by atoms with Crippen LogP contribution in [0.25, 0.3) is 10.9 Å². The molecule has 6 nitrogen and oxygen atoms in total. The third-order valence-corrected chi connectivity index (χ3v) is 6.92. The van der Waals surface area contributed by atoms with Gasteiger partial charge >= 0.3 is 0 Å². The molecule has 1 unspecified atom stereocenters. The van der Waals surface area contributed by atoms with Gasteiger partial charge in [0.15, 0.2) is 0 Å². The lowest BCUT2D eigenvalue weighted by molar-refractivity contribution is -0.137. The van der Waals surface area contributed by atoms with Crippen LogP contribution in [-0.4, -0.2) is 47.4 Å². The van der Waals surface area contributed by atoms with Gasteiger partial charge in [-0.3, -0.25) is 14.6 Å². The Labute approximate surface area is 194 Å². The highest BCUT2D eigenvalue weighted by atomic mass is 16.5. The molecule has 2 aromatic carbocycles. The number of anilines is 1. The van der Waals surface area contributed by atoms with Crippen LogP contribution in [-0.2, 0) is 9.59 Å². The van der Waals surface area contributed by atoms with Crippen molar-refractivity contribution in [3.05, 3.63) is 65.9 Å². The molecule has 2 saturated heterocycles. The van der Waals surface area contributed by atoms with Crippen molar-refractivity contribution in [1.29, 1.82) is 0 Å². The second kappa shape index (κ2) is 8.85. The third-order valence-electron chi connectivity index (χ3n) is 6.92. The molecule has 0 radical (unpaired) electrons. The maximum atomic E-state index is 13.2. The molecular weight excluding hydrogens is 414 g/mol. The van der Waals surface area contributed by atoms with Crippen molar-refractivity contribution in [1.82, 2.24) is 9.88 Å². The molecule has 2 aliphatic rings. The van der Waals surface area contributed by atoms with E-state index >= 15 is 0 Å². The van der Waals surface area contributed by atoms with E-state index in [9.17, 15) is 9.59 Å². The number of carbonyl (C=O) groups excluding carboxylic acids is 2. The summed E-state index contributed by atoms with van der Waals surface area (Å²) in [6.45, 7) is 5.86.